The number of hydrogen-bond acceptors (Lipinski definition) is 3. The fourth-order valence-electron chi connectivity index (χ4n) is 1.88. The van der Waals surface area contributed by atoms with E-state index >= 15 is 0 Å². The van der Waals surface area contributed by atoms with Gasteiger partial charge in [0.15, 0.2) is 0 Å². The number of nitrogens with zero attached hydrogens (tertiary/aromatic N) is 2. The highest BCUT2D eigenvalue weighted by Gasteiger charge is 2.00. The summed E-state index contributed by atoms with van der Waals surface area (Å²) in [6.07, 6.45) is 2.86. The number of aromatic nitrogens is 2. The van der Waals surface area contributed by atoms with Crippen LogP contribution >= 0.6 is 0 Å². The molecular weight excluding hydrogens is 238 g/mol. The molecule has 1 aromatic heterocycles. The number of ether oxygens (including phenoxy) is 1. The van der Waals surface area contributed by atoms with Crippen LogP contribution in [0.1, 0.15) is 26.0 Å². The summed E-state index contributed by atoms with van der Waals surface area (Å²) in [4.78, 5) is 0. The van der Waals surface area contributed by atoms with E-state index in [4.69, 9.17) is 4.74 Å². The van der Waals surface area contributed by atoms with Gasteiger partial charge in [0.2, 0.25) is 0 Å². The SMILES string of the molecule is CCCOc1ccc(NCc2ccnn2CC)cc1. The summed E-state index contributed by atoms with van der Waals surface area (Å²) in [5.41, 5.74) is 2.28. The molecule has 0 unspecified atom stereocenters. The maximum Gasteiger partial charge on any atom is 0.119 e. The third kappa shape index (κ3) is 3.74. The maximum absolute atomic E-state index is 5.56. The van der Waals surface area contributed by atoms with Crippen LogP contribution in [0.25, 0.3) is 0 Å². The Kier molecular flexibility index (Phi) is 4.84. The highest BCUT2D eigenvalue weighted by molar-refractivity contribution is 5.46. The monoisotopic (exact) mass is 259 g/mol. The lowest BCUT2D eigenvalue weighted by Gasteiger charge is -2.09. The van der Waals surface area contributed by atoms with Crippen LogP contribution in [0.5, 0.6) is 5.75 Å². The van der Waals surface area contributed by atoms with Crippen molar-refractivity contribution in [3.8, 4) is 5.75 Å². The second kappa shape index (κ2) is 6.83. The fraction of sp³-hybridized carbons (Fsp3) is 0.400. The summed E-state index contributed by atoms with van der Waals surface area (Å²) in [5, 5.41) is 7.64. The maximum atomic E-state index is 5.56. The number of benzene rings is 1. The predicted octanol–water partition coefficient (Wildman–Crippen LogP) is 3.30. The van der Waals surface area contributed by atoms with E-state index in [0.717, 1.165) is 37.6 Å². The molecule has 4 heteroatoms. The molecule has 2 rings (SSSR count). The average molecular weight is 259 g/mol. The van der Waals surface area contributed by atoms with Gasteiger partial charge in [0, 0.05) is 18.4 Å². The molecule has 0 amide bonds. The van der Waals surface area contributed by atoms with E-state index < -0.39 is 0 Å². The zero-order chi connectivity index (χ0) is 13.5. The first kappa shape index (κ1) is 13.5. The Morgan fingerprint density at radius 1 is 1.16 bits per heavy atom. The summed E-state index contributed by atoms with van der Waals surface area (Å²) < 4.78 is 7.55. The smallest absolute Gasteiger partial charge is 0.119 e. The lowest BCUT2D eigenvalue weighted by atomic mass is 10.3. The van der Waals surface area contributed by atoms with Crippen LogP contribution in [0.4, 0.5) is 5.69 Å². The normalized spacial score (nSPS) is 10.4. The van der Waals surface area contributed by atoms with Crippen molar-refractivity contribution in [2.24, 2.45) is 0 Å². The molecule has 1 N–H and O–H groups in total. The Balaban J connectivity index is 1.89. The van der Waals surface area contributed by atoms with E-state index in [9.17, 15) is 0 Å². The third-order valence-corrected chi connectivity index (χ3v) is 2.90. The zero-order valence-corrected chi connectivity index (χ0v) is 11.6. The second-order valence-electron chi connectivity index (χ2n) is 4.36. The van der Waals surface area contributed by atoms with Crippen LogP contribution in [0.2, 0.25) is 0 Å². The Bertz CT molecular complexity index is 490. The number of aryl methyl sites for hydroxylation is 1. The predicted molar refractivity (Wildman–Crippen MR) is 77.5 cm³/mol. The molecule has 0 aliphatic heterocycles. The molecule has 0 spiro atoms. The van der Waals surface area contributed by atoms with Crippen LogP contribution in [-0.2, 0) is 13.1 Å². The summed E-state index contributed by atoms with van der Waals surface area (Å²) in [7, 11) is 0. The van der Waals surface area contributed by atoms with Gasteiger partial charge in [-0.3, -0.25) is 4.68 Å². The van der Waals surface area contributed by atoms with Gasteiger partial charge in [0.05, 0.1) is 18.8 Å². The summed E-state index contributed by atoms with van der Waals surface area (Å²) >= 11 is 0. The first-order chi connectivity index (χ1) is 9.33. The van der Waals surface area contributed by atoms with Gasteiger partial charge in [-0.05, 0) is 43.7 Å². The number of anilines is 1. The molecule has 2 aromatic rings. The molecule has 0 saturated heterocycles. The largest absolute Gasteiger partial charge is 0.494 e. The van der Waals surface area contributed by atoms with Crippen molar-refractivity contribution in [1.29, 1.82) is 0 Å². The highest BCUT2D eigenvalue weighted by atomic mass is 16.5. The summed E-state index contributed by atoms with van der Waals surface area (Å²) in [6.45, 7) is 6.64. The molecule has 19 heavy (non-hydrogen) atoms. The Morgan fingerprint density at radius 3 is 2.63 bits per heavy atom. The molecule has 1 aromatic carbocycles. The van der Waals surface area contributed by atoms with Crippen molar-refractivity contribution in [1.82, 2.24) is 9.78 Å². The number of rotatable bonds is 7. The minimum atomic E-state index is 0.766. The molecule has 0 atom stereocenters. The zero-order valence-electron chi connectivity index (χ0n) is 11.6. The van der Waals surface area contributed by atoms with Gasteiger partial charge in [-0.1, -0.05) is 6.92 Å². The van der Waals surface area contributed by atoms with Crippen LogP contribution in [0.3, 0.4) is 0 Å². The third-order valence-electron chi connectivity index (χ3n) is 2.90. The van der Waals surface area contributed by atoms with Crippen LogP contribution in [0, 0.1) is 0 Å². The fourth-order valence-corrected chi connectivity index (χ4v) is 1.88. The molecule has 0 radical (unpaired) electrons. The first-order valence-electron chi connectivity index (χ1n) is 6.81. The van der Waals surface area contributed by atoms with Gasteiger partial charge in [0.1, 0.15) is 5.75 Å². The van der Waals surface area contributed by atoms with Gasteiger partial charge in [-0.2, -0.15) is 5.10 Å². The van der Waals surface area contributed by atoms with E-state index in [1.807, 2.05) is 41.2 Å². The molecule has 0 fully saturated rings. The first-order valence-corrected chi connectivity index (χ1v) is 6.81. The molecule has 4 nitrogen and oxygen atoms in total. The van der Waals surface area contributed by atoms with Crippen molar-refractivity contribution >= 4 is 5.69 Å². The van der Waals surface area contributed by atoms with Crippen molar-refractivity contribution in [2.75, 3.05) is 11.9 Å². The van der Waals surface area contributed by atoms with E-state index in [0.29, 0.717) is 0 Å². The lowest BCUT2D eigenvalue weighted by molar-refractivity contribution is 0.317. The molecule has 102 valence electrons. The van der Waals surface area contributed by atoms with Crippen LogP contribution in [-0.4, -0.2) is 16.4 Å². The van der Waals surface area contributed by atoms with Crippen molar-refractivity contribution in [3.63, 3.8) is 0 Å². The van der Waals surface area contributed by atoms with Gasteiger partial charge < -0.3 is 10.1 Å². The summed E-state index contributed by atoms with van der Waals surface area (Å²) in [6, 6.07) is 10.1. The molecule has 0 aliphatic carbocycles. The van der Waals surface area contributed by atoms with Gasteiger partial charge in [0.25, 0.3) is 0 Å². The molecule has 0 aliphatic rings. The molecule has 0 saturated carbocycles. The van der Waals surface area contributed by atoms with Gasteiger partial charge in [-0.15, -0.1) is 0 Å². The van der Waals surface area contributed by atoms with Gasteiger partial charge >= 0.3 is 0 Å². The molecular formula is C15H21N3O. The second-order valence-corrected chi connectivity index (χ2v) is 4.36. The average Bonchev–Trinajstić information content (AvgIpc) is 2.91. The quantitative estimate of drug-likeness (QED) is 0.829. The Morgan fingerprint density at radius 2 is 1.95 bits per heavy atom. The Labute approximate surface area is 114 Å². The minimum absolute atomic E-state index is 0.766. The minimum Gasteiger partial charge on any atom is -0.494 e. The van der Waals surface area contributed by atoms with Gasteiger partial charge in [-0.25, -0.2) is 0 Å². The van der Waals surface area contributed by atoms with E-state index in [1.54, 1.807) is 0 Å². The van der Waals surface area contributed by atoms with E-state index in [-0.39, 0.29) is 0 Å². The van der Waals surface area contributed by atoms with E-state index in [2.05, 4.69) is 24.3 Å². The topological polar surface area (TPSA) is 39.1 Å². The highest BCUT2D eigenvalue weighted by Crippen LogP contribution is 2.16. The lowest BCUT2D eigenvalue weighted by Crippen LogP contribution is -2.07. The van der Waals surface area contributed by atoms with Crippen molar-refractivity contribution < 1.29 is 4.74 Å². The van der Waals surface area contributed by atoms with E-state index in [1.165, 1.54) is 5.69 Å². The van der Waals surface area contributed by atoms with Crippen molar-refractivity contribution in [3.05, 3.63) is 42.2 Å². The standard InChI is InChI=1S/C15H21N3O/c1-3-11-19-15-7-5-13(6-8-15)16-12-14-9-10-17-18(14)4-2/h5-10,16H,3-4,11-12H2,1-2H3. The molecule has 0 bridgehead atoms. The van der Waals surface area contributed by atoms with Crippen molar-refractivity contribution in [2.45, 2.75) is 33.4 Å². The summed E-state index contributed by atoms with van der Waals surface area (Å²) in [5.74, 6) is 0.922. The number of nitrogens with one attached hydrogen (secondary N) is 1. The van der Waals surface area contributed by atoms with Crippen LogP contribution in [0.15, 0.2) is 36.5 Å². The van der Waals surface area contributed by atoms with Crippen LogP contribution < -0.4 is 10.1 Å². The Hall–Kier alpha value is -1.97. The molecule has 1 heterocycles. The number of hydrogen-bond donors (Lipinski definition) is 1.